The number of carbonyl (C=O) groups is 6. The first kappa shape index (κ1) is 42.7. The van der Waals surface area contributed by atoms with Crippen LogP contribution in [0, 0.1) is 0 Å². The molecule has 2 aromatic carbocycles. The van der Waals surface area contributed by atoms with Gasteiger partial charge in [0.05, 0.1) is 38.3 Å². The van der Waals surface area contributed by atoms with Crippen LogP contribution in [0.25, 0.3) is 0 Å². The number of ether oxygens (including phenoxy) is 1. The lowest BCUT2D eigenvalue weighted by Crippen LogP contribution is -2.55. The van der Waals surface area contributed by atoms with Crippen LogP contribution in [0.2, 0.25) is 0 Å². The normalized spacial score (nSPS) is 18.6. The van der Waals surface area contributed by atoms with E-state index in [1.54, 1.807) is 65.4 Å². The Morgan fingerprint density at radius 3 is 2.62 bits per heavy atom. The van der Waals surface area contributed by atoms with Crippen LogP contribution < -0.4 is 41.1 Å². The quantitative estimate of drug-likeness (QED) is 0.0805. The van der Waals surface area contributed by atoms with E-state index in [4.69, 9.17) is 9.72 Å². The molecule has 0 bridgehead atoms. The summed E-state index contributed by atoms with van der Waals surface area (Å²) in [5.74, 6) is -0.170. The van der Waals surface area contributed by atoms with Crippen molar-refractivity contribution in [1.29, 1.82) is 0 Å². The molecule has 20 nitrogen and oxygen atoms in total. The van der Waals surface area contributed by atoms with E-state index in [-0.39, 0.29) is 74.0 Å². The van der Waals surface area contributed by atoms with E-state index in [2.05, 4.69) is 46.8 Å². The van der Waals surface area contributed by atoms with E-state index < -0.39 is 11.9 Å². The summed E-state index contributed by atoms with van der Waals surface area (Å²) < 4.78 is 7.29. The smallest absolute Gasteiger partial charge is 0.255 e. The maximum atomic E-state index is 13.3. The number of hydrogen-bond donors (Lipinski definition) is 5. The summed E-state index contributed by atoms with van der Waals surface area (Å²) in [7, 11) is 3.29. The van der Waals surface area contributed by atoms with Crippen LogP contribution >= 0.6 is 0 Å². The van der Waals surface area contributed by atoms with Crippen molar-refractivity contribution < 1.29 is 33.5 Å². The lowest BCUT2D eigenvalue weighted by molar-refractivity contribution is -0.137. The number of nitrogens with zero attached hydrogens (tertiary/aromatic N) is 8. The molecule has 5 heterocycles. The zero-order valence-electron chi connectivity index (χ0n) is 35.5. The van der Waals surface area contributed by atoms with Crippen molar-refractivity contribution in [3.8, 4) is 5.75 Å². The van der Waals surface area contributed by atoms with E-state index in [9.17, 15) is 28.8 Å². The van der Waals surface area contributed by atoms with Crippen LogP contribution in [0.4, 0.5) is 28.8 Å². The van der Waals surface area contributed by atoms with Gasteiger partial charge >= 0.3 is 0 Å². The highest BCUT2D eigenvalue weighted by molar-refractivity contribution is 6.07. The number of carbonyl (C=O) groups excluding carboxylic acids is 6. The number of hydrogen-bond acceptors (Lipinski definition) is 14. The van der Waals surface area contributed by atoms with Crippen LogP contribution in [0.1, 0.15) is 90.3 Å². The van der Waals surface area contributed by atoms with E-state index in [1.807, 2.05) is 6.92 Å². The highest BCUT2D eigenvalue weighted by atomic mass is 16.5. The van der Waals surface area contributed by atoms with Crippen LogP contribution in [-0.4, -0.2) is 111 Å². The molecule has 1 aliphatic carbocycles. The van der Waals surface area contributed by atoms with Crippen molar-refractivity contribution in [3.63, 3.8) is 0 Å². The minimum atomic E-state index is -0.739. The largest absolute Gasteiger partial charge is 0.495 e. The molecule has 1 saturated carbocycles. The Balaban J connectivity index is 0.789. The SMILES string of the molecule is CC[C@@H]1C(=O)N(C)c2cnc(Nc3ccc(C(=O)NCc4cn(CCNCCC(=O)Nc5cccc6c5CN(C5CCC(=O)NC5=O)C6=O)nn4)cc3OC)nc2N1C1CCCC1. The lowest BCUT2D eigenvalue weighted by Gasteiger charge is -2.43. The molecule has 2 aromatic heterocycles. The van der Waals surface area contributed by atoms with Gasteiger partial charge in [-0.3, -0.25) is 38.8 Å². The first-order chi connectivity index (χ1) is 30.5. The number of anilines is 5. The number of amides is 6. The highest BCUT2D eigenvalue weighted by Crippen LogP contribution is 2.40. The molecule has 63 heavy (non-hydrogen) atoms. The molecule has 2 fully saturated rings. The highest BCUT2D eigenvalue weighted by Gasteiger charge is 2.42. The minimum Gasteiger partial charge on any atom is -0.495 e. The third-order valence-electron chi connectivity index (χ3n) is 12.0. The Hall–Kier alpha value is -6.96. The average molecular weight is 862 g/mol. The third-order valence-corrected chi connectivity index (χ3v) is 12.0. The van der Waals surface area contributed by atoms with Crippen molar-refractivity contribution in [2.24, 2.45) is 0 Å². The summed E-state index contributed by atoms with van der Waals surface area (Å²) in [6.07, 6.45) is 8.95. The second-order valence-electron chi connectivity index (χ2n) is 16.0. The molecule has 6 amide bonds. The second-order valence-corrected chi connectivity index (χ2v) is 16.0. The number of likely N-dealkylation sites (N-methyl/N-ethyl adjacent to an activating group) is 1. The van der Waals surface area contributed by atoms with E-state index in [0.717, 1.165) is 31.5 Å². The molecular weight excluding hydrogens is 811 g/mol. The van der Waals surface area contributed by atoms with Gasteiger partial charge in [-0.05, 0) is 56.0 Å². The van der Waals surface area contributed by atoms with Gasteiger partial charge in [-0.1, -0.05) is 31.0 Å². The molecule has 5 N–H and O–H groups in total. The number of aromatic nitrogens is 5. The maximum Gasteiger partial charge on any atom is 0.255 e. The fourth-order valence-electron chi connectivity index (χ4n) is 8.74. The topological polar surface area (TPSA) is 238 Å². The van der Waals surface area contributed by atoms with Crippen LogP contribution in [-0.2, 0) is 38.8 Å². The summed E-state index contributed by atoms with van der Waals surface area (Å²) in [5, 5.41) is 22.9. The molecule has 330 valence electrons. The molecule has 1 saturated heterocycles. The van der Waals surface area contributed by atoms with Gasteiger partial charge in [0.1, 0.15) is 29.2 Å². The maximum absolute atomic E-state index is 13.3. The van der Waals surface area contributed by atoms with Crippen LogP contribution in [0.3, 0.4) is 0 Å². The fourth-order valence-corrected chi connectivity index (χ4v) is 8.74. The number of methoxy groups -OCH3 is 1. The molecule has 0 radical (unpaired) electrons. The van der Waals surface area contributed by atoms with Gasteiger partial charge in [0, 0.05) is 67.9 Å². The van der Waals surface area contributed by atoms with Gasteiger partial charge in [0.25, 0.3) is 11.8 Å². The van der Waals surface area contributed by atoms with Gasteiger partial charge in [0.15, 0.2) is 5.82 Å². The number of rotatable bonds is 16. The fraction of sp³-hybridized carbons (Fsp3) is 0.442. The van der Waals surface area contributed by atoms with E-state index >= 15 is 0 Å². The van der Waals surface area contributed by atoms with Crippen molar-refractivity contribution in [2.45, 2.75) is 96.1 Å². The molecule has 8 rings (SSSR count). The summed E-state index contributed by atoms with van der Waals surface area (Å²) in [5.41, 5.74) is 3.76. The first-order valence-corrected chi connectivity index (χ1v) is 21.3. The van der Waals surface area contributed by atoms with Gasteiger partial charge in [-0.15, -0.1) is 5.10 Å². The Bertz CT molecular complexity index is 2430. The minimum absolute atomic E-state index is 0.0465. The predicted molar refractivity (Wildman–Crippen MR) is 230 cm³/mol. The zero-order valence-corrected chi connectivity index (χ0v) is 35.5. The Morgan fingerprint density at radius 1 is 1.02 bits per heavy atom. The van der Waals surface area contributed by atoms with Gasteiger partial charge in [-0.2, -0.15) is 4.98 Å². The van der Waals surface area contributed by atoms with Crippen molar-refractivity contribution in [2.75, 3.05) is 47.7 Å². The number of piperidine rings is 1. The monoisotopic (exact) mass is 861 g/mol. The van der Waals surface area contributed by atoms with Gasteiger partial charge in [-0.25, -0.2) is 4.98 Å². The van der Waals surface area contributed by atoms with Crippen molar-refractivity contribution in [3.05, 3.63) is 71.2 Å². The van der Waals surface area contributed by atoms with Gasteiger partial charge in [0.2, 0.25) is 29.6 Å². The summed E-state index contributed by atoms with van der Waals surface area (Å²) in [6.45, 7) is 3.69. The molecule has 3 aliphatic heterocycles. The first-order valence-electron chi connectivity index (χ1n) is 21.3. The number of imide groups is 1. The Morgan fingerprint density at radius 2 is 1.84 bits per heavy atom. The molecule has 0 spiro atoms. The standard InChI is InChI=1S/C43H51N13O7/c1-4-32-42(62)53(2)34-22-46-43(50-38(34)56(32)27-8-5-6-9-27)48-31-13-12-25(20-35(31)63-3)39(59)45-21-26-23-54(52-51-26)19-18-44-17-16-37(58)47-30-11-7-10-28-29(30)24-55(41(28)61)33-14-15-36(57)49-40(33)60/h7,10-13,20,22-23,27,32-33,44H,4-6,8-9,14-19,21,24H2,1-3H3,(H,45,59)(H,47,58)(H,46,48,50)(H,49,57,60)/t32-,33?/m1/s1. The Labute approximate surface area is 363 Å². The average Bonchev–Trinajstić information content (AvgIpc) is 4.06. The summed E-state index contributed by atoms with van der Waals surface area (Å²) in [4.78, 5) is 91.2. The van der Waals surface area contributed by atoms with Crippen LogP contribution in [0.15, 0.2) is 48.8 Å². The number of benzene rings is 2. The van der Waals surface area contributed by atoms with E-state index in [0.29, 0.717) is 77.2 Å². The zero-order chi connectivity index (χ0) is 44.2. The van der Waals surface area contributed by atoms with Crippen LogP contribution in [0.5, 0.6) is 5.75 Å². The molecule has 1 unspecified atom stereocenters. The molecule has 2 atom stereocenters. The summed E-state index contributed by atoms with van der Waals surface area (Å²) in [6, 6.07) is 9.34. The molecule has 4 aliphatic rings. The number of nitrogens with one attached hydrogen (secondary N) is 5. The van der Waals surface area contributed by atoms with Gasteiger partial charge < -0.3 is 40.7 Å². The van der Waals surface area contributed by atoms with Crippen molar-refractivity contribution in [1.82, 2.24) is 45.8 Å². The van der Waals surface area contributed by atoms with Crippen molar-refractivity contribution >= 4 is 64.3 Å². The molecule has 4 aromatic rings. The third kappa shape index (κ3) is 9.02. The van der Waals surface area contributed by atoms with E-state index in [1.165, 1.54) is 12.0 Å². The molecular formula is C43H51N13O7. The second kappa shape index (κ2) is 18.6. The summed E-state index contributed by atoms with van der Waals surface area (Å²) >= 11 is 0. The lowest BCUT2D eigenvalue weighted by atomic mass is 10.0. The predicted octanol–water partition coefficient (Wildman–Crippen LogP) is 2.63. The molecule has 20 heteroatoms. The number of fused-ring (bicyclic) bond motifs is 2. The Kier molecular flexibility index (Phi) is 12.6.